The van der Waals surface area contributed by atoms with Crippen molar-refractivity contribution in [2.24, 2.45) is 0 Å². The summed E-state index contributed by atoms with van der Waals surface area (Å²) in [5.41, 5.74) is 0. The van der Waals surface area contributed by atoms with Gasteiger partial charge in [-0.25, -0.2) is 4.98 Å². The number of hydrogen-bond acceptors (Lipinski definition) is 6. The maximum atomic E-state index is 11.1. The fourth-order valence-electron chi connectivity index (χ4n) is 3.72. The number of nitrogens with one attached hydrogen (secondary N) is 1. The minimum absolute atomic E-state index is 0.00138. The first-order valence-corrected chi connectivity index (χ1v) is 8.78. The molecule has 7 nitrogen and oxygen atoms in total. The molecule has 4 heterocycles. The van der Waals surface area contributed by atoms with Crippen LogP contribution < -0.4 is 10.2 Å². The predicted molar refractivity (Wildman–Crippen MR) is 91.0 cm³/mol. The maximum absolute atomic E-state index is 11.1. The van der Waals surface area contributed by atoms with Crippen molar-refractivity contribution in [3.05, 3.63) is 24.4 Å². The van der Waals surface area contributed by atoms with E-state index >= 15 is 0 Å². The zero-order chi connectivity index (χ0) is 16.4. The van der Waals surface area contributed by atoms with E-state index in [9.17, 15) is 4.79 Å². The number of carbonyl (C=O) groups excluding carboxylic acids is 1. The Morgan fingerprint density at radius 2 is 2.04 bits per heavy atom. The summed E-state index contributed by atoms with van der Waals surface area (Å²) >= 11 is 0. The van der Waals surface area contributed by atoms with Crippen molar-refractivity contribution in [2.75, 3.05) is 63.9 Å². The number of rotatable bonds is 4. The molecule has 1 aromatic heterocycles. The molecule has 0 aromatic carbocycles. The van der Waals surface area contributed by atoms with Gasteiger partial charge in [0, 0.05) is 64.6 Å². The fraction of sp³-hybridized carbons (Fsp3) is 0.647. The van der Waals surface area contributed by atoms with Crippen molar-refractivity contribution in [3.8, 4) is 0 Å². The van der Waals surface area contributed by atoms with Crippen LogP contribution in [0.3, 0.4) is 0 Å². The van der Waals surface area contributed by atoms with E-state index in [1.54, 1.807) is 0 Å². The highest BCUT2D eigenvalue weighted by Crippen LogP contribution is 2.20. The molecule has 3 aliphatic heterocycles. The fourth-order valence-corrected chi connectivity index (χ4v) is 3.72. The van der Waals surface area contributed by atoms with Crippen LogP contribution in [0, 0.1) is 0 Å². The third-order valence-corrected chi connectivity index (χ3v) is 5.18. The molecular weight excluding hydrogens is 306 g/mol. The first kappa shape index (κ1) is 15.8. The number of aromatic nitrogens is 1. The number of nitrogens with zero attached hydrogens (tertiary/aromatic N) is 4. The number of carbonyl (C=O) groups is 1. The minimum atomic E-state index is -0.00138. The molecule has 24 heavy (non-hydrogen) atoms. The van der Waals surface area contributed by atoms with Crippen LogP contribution in [0.15, 0.2) is 24.4 Å². The molecule has 0 spiro atoms. The van der Waals surface area contributed by atoms with Gasteiger partial charge in [-0.1, -0.05) is 6.07 Å². The van der Waals surface area contributed by atoms with Gasteiger partial charge in [-0.05, 0) is 12.1 Å². The monoisotopic (exact) mass is 331 g/mol. The van der Waals surface area contributed by atoms with E-state index < -0.39 is 0 Å². The summed E-state index contributed by atoms with van der Waals surface area (Å²) in [6.07, 6.45) is 2.01. The van der Waals surface area contributed by atoms with E-state index in [2.05, 4.69) is 31.1 Å². The van der Waals surface area contributed by atoms with E-state index in [1.165, 1.54) is 0 Å². The highest BCUT2D eigenvalue weighted by Gasteiger charge is 2.35. The third-order valence-electron chi connectivity index (χ3n) is 5.18. The van der Waals surface area contributed by atoms with Crippen LogP contribution in [0.4, 0.5) is 5.82 Å². The van der Waals surface area contributed by atoms with E-state index in [0.717, 1.165) is 51.6 Å². The Morgan fingerprint density at radius 1 is 1.21 bits per heavy atom. The molecule has 3 fully saturated rings. The van der Waals surface area contributed by atoms with Crippen molar-refractivity contribution < 1.29 is 9.53 Å². The van der Waals surface area contributed by atoms with E-state index in [-0.39, 0.29) is 18.6 Å². The van der Waals surface area contributed by atoms with Crippen LogP contribution in [-0.2, 0) is 9.53 Å². The third kappa shape index (κ3) is 3.53. The smallest absolute Gasteiger partial charge is 0.246 e. The SMILES string of the molecule is O=C1COC(CN2CC(N3CCN(c4ccccn4)CC3)C2)CN1. The first-order chi connectivity index (χ1) is 11.8. The molecule has 0 aliphatic carbocycles. The highest BCUT2D eigenvalue weighted by atomic mass is 16.5. The lowest BCUT2D eigenvalue weighted by molar-refractivity contribution is -0.134. The van der Waals surface area contributed by atoms with Crippen LogP contribution in [-0.4, -0.2) is 91.8 Å². The van der Waals surface area contributed by atoms with Gasteiger partial charge in [-0.3, -0.25) is 14.6 Å². The number of piperazine rings is 1. The Balaban J connectivity index is 1.18. The summed E-state index contributed by atoms with van der Waals surface area (Å²) in [5.74, 6) is 1.09. The van der Waals surface area contributed by atoms with Crippen LogP contribution >= 0.6 is 0 Å². The summed E-state index contributed by atoms with van der Waals surface area (Å²) in [6.45, 7) is 8.28. The van der Waals surface area contributed by atoms with Gasteiger partial charge in [-0.2, -0.15) is 0 Å². The van der Waals surface area contributed by atoms with Gasteiger partial charge in [0.25, 0.3) is 0 Å². The van der Waals surface area contributed by atoms with Crippen LogP contribution in [0.25, 0.3) is 0 Å². The Bertz CT molecular complexity index is 545. The van der Waals surface area contributed by atoms with Gasteiger partial charge in [0.1, 0.15) is 12.4 Å². The number of ether oxygens (including phenoxy) is 1. The number of hydrogen-bond donors (Lipinski definition) is 1. The minimum Gasteiger partial charge on any atom is -0.365 e. The van der Waals surface area contributed by atoms with Gasteiger partial charge in [0.05, 0.1) is 6.10 Å². The van der Waals surface area contributed by atoms with Crippen molar-refractivity contribution in [1.29, 1.82) is 0 Å². The molecule has 4 rings (SSSR count). The summed E-state index contributed by atoms with van der Waals surface area (Å²) in [5, 5.41) is 2.87. The van der Waals surface area contributed by atoms with E-state index in [1.807, 2.05) is 18.3 Å². The summed E-state index contributed by atoms with van der Waals surface area (Å²) < 4.78 is 5.56. The predicted octanol–water partition coefficient (Wildman–Crippen LogP) is -0.597. The Labute approximate surface area is 142 Å². The van der Waals surface area contributed by atoms with Crippen LogP contribution in [0.5, 0.6) is 0 Å². The zero-order valence-electron chi connectivity index (χ0n) is 13.9. The van der Waals surface area contributed by atoms with Gasteiger partial charge in [0.2, 0.25) is 5.91 Å². The summed E-state index contributed by atoms with van der Waals surface area (Å²) in [6, 6.07) is 6.76. The lowest BCUT2D eigenvalue weighted by atomic mass is 10.0. The molecule has 1 N–H and O–H groups in total. The maximum Gasteiger partial charge on any atom is 0.246 e. The summed E-state index contributed by atoms with van der Waals surface area (Å²) in [4.78, 5) is 22.9. The average Bonchev–Trinajstić information content (AvgIpc) is 2.60. The van der Waals surface area contributed by atoms with Crippen molar-refractivity contribution >= 4 is 11.7 Å². The summed E-state index contributed by atoms with van der Waals surface area (Å²) in [7, 11) is 0. The number of morpholine rings is 1. The largest absolute Gasteiger partial charge is 0.365 e. The highest BCUT2D eigenvalue weighted by molar-refractivity contribution is 5.77. The second kappa shape index (κ2) is 7.04. The van der Waals surface area contributed by atoms with E-state index in [4.69, 9.17) is 4.74 Å². The van der Waals surface area contributed by atoms with Gasteiger partial charge < -0.3 is 15.0 Å². The lowest BCUT2D eigenvalue weighted by Crippen LogP contribution is -2.64. The quantitative estimate of drug-likeness (QED) is 0.795. The van der Waals surface area contributed by atoms with Crippen LogP contribution in [0.2, 0.25) is 0 Å². The molecule has 3 saturated heterocycles. The molecule has 1 amide bonds. The molecule has 0 bridgehead atoms. The van der Waals surface area contributed by atoms with E-state index in [0.29, 0.717) is 12.6 Å². The van der Waals surface area contributed by atoms with Crippen molar-refractivity contribution in [2.45, 2.75) is 12.1 Å². The number of anilines is 1. The van der Waals surface area contributed by atoms with Crippen molar-refractivity contribution in [1.82, 2.24) is 20.1 Å². The normalized spacial score (nSPS) is 26.9. The number of likely N-dealkylation sites (tertiary alicyclic amines) is 1. The molecule has 0 radical (unpaired) electrons. The average molecular weight is 331 g/mol. The Morgan fingerprint density at radius 3 is 2.71 bits per heavy atom. The first-order valence-electron chi connectivity index (χ1n) is 8.78. The molecule has 1 aromatic rings. The second-order valence-corrected chi connectivity index (χ2v) is 6.82. The topological polar surface area (TPSA) is 60.9 Å². The van der Waals surface area contributed by atoms with Gasteiger partial charge in [-0.15, -0.1) is 0 Å². The van der Waals surface area contributed by atoms with Gasteiger partial charge >= 0.3 is 0 Å². The molecule has 130 valence electrons. The van der Waals surface area contributed by atoms with Crippen LogP contribution in [0.1, 0.15) is 0 Å². The number of pyridine rings is 1. The zero-order valence-corrected chi connectivity index (χ0v) is 13.9. The lowest BCUT2D eigenvalue weighted by Gasteiger charge is -2.49. The molecule has 3 aliphatic rings. The van der Waals surface area contributed by atoms with Crippen molar-refractivity contribution in [3.63, 3.8) is 0 Å². The molecule has 1 unspecified atom stereocenters. The molecular formula is C17H25N5O2. The number of amides is 1. The molecule has 1 atom stereocenters. The van der Waals surface area contributed by atoms with Gasteiger partial charge in [0.15, 0.2) is 0 Å². The molecule has 0 saturated carbocycles. The Kier molecular flexibility index (Phi) is 4.64. The standard InChI is InChI=1S/C17H25N5O2/c23-17-13-24-15(9-19-17)12-20-10-14(11-20)21-5-7-22(8-6-21)16-3-1-2-4-18-16/h1-4,14-15H,5-13H2,(H,19,23). The Hall–Kier alpha value is -1.70. The molecule has 7 heteroatoms. The second-order valence-electron chi connectivity index (χ2n) is 6.82.